The summed E-state index contributed by atoms with van der Waals surface area (Å²) in [6, 6.07) is 8.98. The molecule has 1 aliphatic rings. The largest absolute Gasteiger partial charge is 0.456 e. The summed E-state index contributed by atoms with van der Waals surface area (Å²) in [4.78, 5) is 23.9. The van der Waals surface area contributed by atoms with E-state index in [1.54, 1.807) is 12.1 Å². The highest BCUT2D eigenvalue weighted by atomic mass is 32.2. The van der Waals surface area contributed by atoms with Crippen molar-refractivity contribution >= 4 is 27.6 Å². The quantitative estimate of drug-likeness (QED) is 0.583. The number of nitrogens with zero attached hydrogens (tertiary/aromatic N) is 1. The Hall–Kier alpha value is -2.85. The van der Waals surface area contributed by atoms with Gasteiger partial charge in [-0.1, -0.05) is 25.0 Å². The summed E-state index contributed by atoms with van der Waals surface area (Å²) in [5, 5.41) is 2.14. The molecule has 2 aromatic carbocycles. The first-order valence-corrected chi connectivity index (χ1v) is 12.2. The minimum Gasteiger partial charge on any atom is -0.456 e. The average molecular weight is 481 g/mol. The Morgan fingerprint density at radius 3 is 2.30 bits per heavy atom. The van der Waals surface area contributed by atoms with E-state index >= 15 is 0 Å². The van der Waals surface area contributed by atoms with Crippen molar-refractivity contribution < 1.29 is 31.5 Å². The van der Waals surface area contributed by atoms with Crippen LogP contribution in [0.15, 0.2) is 47.4 Å². The van der Waals surface area contributed by atoms with Gasteiger partial charge in [-0.25, -0.2) is 17.2 Å². The van der Waals surface area contributed by atoms with E-state index in [0.29, 0.717) is 19.5 Å². The van der Waals surface area contributed by atoms with Gasteiger partial charge in [-0.2, -0.15) is 4.31 Å². The predicted molar refractivity (Wildman–Crippen MR) is 118 cm³/mol. The molecule has 1 N–H and O–H groups in total. The van der Waals surface area contributed by atoms with E-state index in [2.05, 4.69) is 5.32 Å². The van der Waals surface area contributed by atoms with Crippen molar-refractivity contribution in [2.24, 2.45) is 0 Å². The number of ether oxygens (including phenoxy) is 1. The number of benzene rings is 2. The molecule has 0 unspecified atom stereocenters. The summed E-state index contributed by atoms with van der Waals surface area (Å²) >= 11 is 0. The van der Waals surface area contributed by atoms with Crippen LogP contribution in [0.5, 0.6) is 0 Å². The second-order valence-electron chi connectivity index (χ2n) is 7.80. The van der Waals surface area contributed by atoms with E-state index in [1.165, 1.54) is 16.4 Å². The molecule has 0 saturated carbocycles. The Kier molecular flexibility index (Phi) is 8.51. The maximum atomic E-state index is 13.5. The van der Waals surface area contributed by atoms with Crippen LogP contribution in [0.1, 0.15) is 37.7 Å². The molecule has 1 saturated heterocycles. The molecule has 0 aromatic heterocycles. The van der Waals surface area contributed by atoms with Gasteiger partial charge in [0.1, 0.15) is 11.6 Å². The minimum atomic E-state index is -3.54. The molecule has 0 bridgehead atoms. The maximum Gasteiger partial charge on any atom is 0.306 e. The lowest BCUT2D eigenvalue weighted by atomic mass is 10.1. The van der Waals surface area contributed by atoms with E-state index in [0.717, 1.165) is 49.4 Å². The molecule has 0 aliphatic carbocycles. The standard InChI is InChI=1S/C23H26F2N2O5S/c24-18-8-11-20(25)21(15-18)26-22(28)16-32-23(29)12-7-17-5-9-19(10-6-17)33(30,31)27-13-3-1-2-4-14-27/h5-6,8-11,15H,1-4,7,12-14,16H2,(H,26,28). The summed E-state index contributed by atoms with van der Waals surface area (Å²) in [7, 11) is -3.54. The number of carbonyl (C=O) groups excluding carboxylic acids is 2. The van der Waals surface area contributed by atoms with Gasteiger partial charge in [0.05, 0.1) is 10.6 Å². The van der Waals surface area contributed by atoms with Crippen molar-refractivity contribution in [2.75, 3.05) is 25.0 Å². The topological polar surface area (TPSA) is 92.8 Å². The first-order valence-electron chi connectivity index (χ1n) is 10.8. The Labute approximate surface area is 191 Å². The highest BCUT2D eigenvalue weighted by Crippen LogP contribution is 2.21. The molecule has 0 radical (unpaired) electrons. The van der Waals surface area contributed by atoms with Gasteiger partial charge < -0.3 is 10.1 Å². The first kappa shape index (κ1) is 24.8. The van der Waals surface area contributed by atoms with E-state index in [-0.39, 0.29) is 17.0 Å². The lowest BCUT2D eigenvalue weighted by Crippen LogP contribution is -2.31. The molecule has 3 rings (SSSR count). The van der Waals surface area contributed by atoms with Gasteiger partial charge >= 0.3 is 5.97 Å². The zero-order valence-corrected chi connectivity index (χ0v) is 18.9. The van der Waals surface area contributed by atoms with E-state index in [9.17, 15) is 26.8 Å². The lowest BCUT2D eigenvalue weighted by molar-refractivity contribution is -0.147. The third kappa shape index (κ3) is 7.06. The van der Waals surface area contributed by atoms with Crippen molar-refractivity contribution in [3.8, 4) is 0 Å². The molecular formula is C23H26F2N2O5S. The van der Waals surface area contributed by atoms with Crippen LogP contribution in [0.4, 0.5) is 14.5 Å². The van der Waals surface area contributed by atoms with Crippen molar-refractivity contribution in [3.05, 3.63) is 59.7 Å². The summed E-state index contributed by atoms with van der Waals surface area (Å²) in [6.45, 7) is 0.409. The molecule has 33 heavy (non-hydrogen) atoms. The predicted octanol–water partition coefficient (Wildman–Crippen LogP) is 3.64. The lowest BCUT2D eigenvalue weighted by Gasteiger charge is -2.20. The van der Waals surface area contributed by atoms with Gasteiger partial charge in [0.2, 0.25) is 10.0 Å². The van der Waals surface area contributed by atoms with Crippen molar-refractivity contribution in [2.45, 2.75) is 43.4 Å². The number of rotatable bonds is 8. The van der Waals surface area contributed by atoms with Gasteiger partial charge in [0.15, 0.2) is 6.61 Å². The molecule has 0 atom stereocenters. The van der Waals surface area contributed by atoms with Crippen LogP contribution in [-0.4, -0.2) is 44.3 Å². The number of anilines is 1. The fourth-order valence-electron chi connectivity index (χ4n) is 3.50. The van der Waals surface area contributed by atoms with Crippen LogP contribution in [0.2, 0.25) is 0 Å². The second-order valence-corrected chi connectivity index (χ2v) is 9.73. The van der Waals surface area contributed by atoms with Crippen LogP contribution in [0.25, 0.3) is 0 Å². The fraction of sp³-hybridized carbons (Fsp3) is 0.391. The molecular weight excluding hydrogens is 454 g/mol. The summed E-state index contributed by atoms with van der Waals surface area (Å²) in [5.74, 6) is -2.96. The molecule has 1 aliphatic heterocycles. The monoisotopic (exact) mass is 480 g/mol. The third-order valence-electron chi connectivity index (χ3n) is 5.31. The number of nitrogens with one attached hydrogen (secondary N) is 1. The number of sulfonamides is 1. The number of aryl methyl sites for hydroxylation is 1. The Morgan fingerprint density at radius 1 is 0.970 bits per heavy atom. The number of hydrogen-bond acceptors (Lipinski definition) is 5. The van der Waals surface area contributed by atoms with Gasteiger partial charge in [-0.05, 0) is 49.1 Å². The van der Waals surface area contributed by atoms with Crippen LogP contribution < -0.4 is 5.32 Å². The van der Waals surface area contributed by atoms with Crippen molar-refractivity contribution in [1.29, 1.82) is 0 Å². The van der Waals surface area contributed by atoms with Crippen LogP contribution in [0.3, 0.4) is 0 Å². The highest BCUT2D eigenvalue weighted by Gasteiger charge is 2.25. The molecule has 178 valence electrons. The fourth-order valence-corrected chi connectivity index (χ4v) is 5.02. The first-order chi connectivity index (χ1) is 15.8. The van der Waals surface area contributed by atoms with Gasteiger partial charge in [0, 0.05) is 25.6 Å². The van der Waals surface area contributed by atoms with Crippen molar-refractivity contribution in [3.63, 3.8) is 0 Å². The van der Waals surface area contributed by atoms with E-state index < -0.39 is 40.1 Å². The minimum absolute atomic E-state index is 0.0279. The number of esters is 1. The average Bonchev–Trinajstić information content (AvgIpc) is 3.09. The second kappa shape index (κ2) is 11.3. The zero-order valence-electron chi connectivity index (χ0n) is 18.1. The van der Waals surface area contributed by atoms with Gasteiger partial charge in [-0.15, -0.1) is 0 Å². The smallest absolute Gasteiger partial charge is 0.306 e. The highest BCUT2D eigenvalue weighted by molar-refractivity contribution is 7.89. The van der Waals surface area contributed by atoms with E-state index in [4.69, 9.17) is 4.74 Å². The van der Waals surface area contributed by atoms with Gasteiger partial charge in [-0.3, -0.25) is 9.59 Å². The Bertz CT molecular complexity index is 1080. The Balaban J connectivity index is 1.46. The molecule has 7 nitrogen and oxygen atoms in total. The normalized spacial score (nSPS) is 15.0. The Morgan fingerprint density at radius 2 is 1.64 bits per heavy atom. The van der Waals surface area contributed by atoms with Crippen LogP contribution in [-0.2, 0) is 30.8 Å². The molecule has 10 heteroatoms. The SMILES string of the molecule is O=C(COC(=O)CCc1ccc(S(=O)(=O)N2CCCCCC2)cc1)Nc1cc(F)ccc1F. The van der Waals surface area contributed by atoms with Crippen LogP contribution in [0, 0.1) is 11.6 Å². The van der Waals surface area contributed by atoms with E-state index in [1.807, 2.05) is 0 Å². The molecule has 2 aromatic rings. The summed E-state index contributed by atoms with van der Waals surface area (Å²) < 4.78 is 58.7. The number of hydrogen-bond donors (Lipinski definition) is 1. The summed E-state index contributed by atoms with van der Waals surface area (Å²) in [6.07, 6.45) is 4.04. The number of carbonyl (C=O) groups is 2. The van der Waals surface area contributed by atoms with Crippen LogP contribution >= 0.6 is 0 Å². The third-order valence-corrected chi connectivity index (χ3v) is 7.22. The van der Waals surface area contributed by atoms with Gasteiger partial charge in [0.25, 0.3) is 5.91 Å². The number of halogens is 2. The maximum absolute atomic E-state index is 13.5. The number of amides is 1. The zero-order chi connectivity index (χ0) is 23.8. The van der Waals surface area contributed by atoms with Crippen molar-refractivity contribution in [1.82, 2.24) is 4.31 Å². The molecule has 1 amide bonds. The summed E-state index contributed by atoms with van der Waals surface area (Å²) in [5.41, 5.74) is 0.402. The molecule has 1 heterocycles. The molecule has 0 spiro atoms. The molecule has 1 fully saturated rings.